The van der Waals surface area contributed by atoms with Crippen LogP contribution in [0.2, 0.25) is 10.0 Å². The Hall–Kier alpha value is -1.69. The van der Waals surface area contributed by atoms with Crippen LogP contribution >= 0.6 is 23.2 Å². The van der Waals surface area contributed by atoms with E-state index in [0.29, 0.717) is 22.5 Å². The third-order valence-electron chi connectivity index (χ3n) is 3.94. The zero-order valence-corrected chi connectivity index (χ0v) is 12.8. The average Bonchev–Trinajstić information content (AvgIpc) is 2.44. The van der Waals surface area contributed by atoms with E-state index in [-0.39, 0.29) is 0 Å². The van der Waals surface area contributed by atoms with Gasteiger partial charge >= 0.3 is 0 Å². The Morgan fingerprint density at radius 3 is 2.33 bits per heavy atom. The molecule has 2 aromatic carbocycles. The van der Waals surface area contributed by atoms with Crippen LogP contribution < -0.4 is 5.32 Å². The first-order chi connectivity index (χ1) is 10.2. The zero-order valence-electron chi connectivity index (χ0n) is 11.3. The summed E-state index contributed by atoms with van der Waals surface area (Å²) in [5.41, 5.74) is 2.78. The summed E-state index contributed by atoms with van der Waals surface area (Å²) in [6.45, 7) is 0. The Bertz CT molecular complexity index is 683. The van der Waals surface area contributed by atoms with E-state index in [1.165, 1.54) is 5.56 Å². The molecule has 1 aliphatic rings. The van der Waals surface area contributed by atoms with Crippen LogP contribution in [0.15, 0.2) is 42.5 Å². The Morgan fingerprint density at radius 1 is 1.00 bits per heavy atom. The molecule has 1 saturated carbocycles. The summed E-state index contributed by atoms with van der Waals surface area (Å²) in [5.74, 6) is 0.560. The monoisotopic (exact) mass is 316 g/mol. The summed E-state index contributed by atoms with van der Waals surface area (Å²) >= 11 is 11.9. The molecule has 0 atom stereocenters. The first kappa shape index (κ1) is 14.3. The van der Waals surface area contributed by atoms with Gasteiger partial charge in [0.25, 0.3) is 0 Å². The highest BCUT2D eigenvalue weighted by molar-refractivity contribution is 6.31. The van der Waals surface area contributed by atoms with Gasteiger partial charge < -0.3 is 5.32 Å². The standard InChI is InChI=1S/C17H14Cl2N2/c18-14-4-1-11(2-5-14)13-7-16(8-13)21-17-9-15(19)6-3-12(17)10-20/h1-6,9,13,16,21H,7-8H2. The van der Waals surface area contributed by atoms with E-state index in [4.69, 9.17) is 28.5 Å². The van der Waals surface area contributed by atoms with Crippen molar-refractivity contribution in [3.8, 4) is 6.07 Å². The molecule has 0 aliphatic heterocycles. The first-order valence-corrected chi connectivity index (χ1v) is 7.63. The molecule has 0 saturated heterocycles. The molecular weight excluding hydrogens is 303 g/mol. The highest BCUT2D eigenvalue weighted by atomic mass is 35.5. The van der Waals surface area contributed by atoms with E-state index in [0.717, 1.165) is 23.6 Å². The molecule has 0 heterocycles. The summed E-state index contributed by atoms with van der Waals surface area (Å²) in [7, 11) is 0. The number of anilines is 1. The average molecular weight is 317 g/mol. The molecule has 0 radical (unpaired) electrons. The molecule has 1 aliphatic carbocycles. The van der Waals surface area contributed by atoms with E-state index in [1.807, 2.05) is 18.2 Å². The van der Waals surface area contributed by atoms with Gasteiger partial charge in [-0.05, 0) is 54.7 Å². The molecule has 0 bridgehead atoms. The smallest absolute Gasteiger partial charge is 0.101 e. The van der Waals surface area contributed by atoms with Crippen LogP contribution in [0.25, 0.3) is 0 Å². The zero-order chi connectivity index (χ0) is 14.8. The lowest BCUT2D eigenvalue weighted by Gasteiger charge is -2.37. The molecule has 1 N–H and O–H groups in total. The molecule has 106 valence electrons. The maximum atomic E-state index is 9.12. The molecule has 0 aromatic heterocycles. The summed E-state index contributed by atoms with van der Waals surface area (Å²) in [4.78, 5) is 0. The van der Waals surface area contributed by atoms with Crippen LogP contribution in [0.5, 0.6) is 0 Å². The normalized spacial score (nSPS) is 20.4. The van der Waals surface area contributed by atoms with Crippen molar-refractivity contribution >= 4 is 28.9 Å². The van der Waals surface area contributed by atoms with Gasteiger partial charge in [0.1, 0.15) is 6.07 Å². The van der Waals surface area contributed by atoms with E-state index < -0.39 is 0 Å². The maximum Gasteiger partial charge on any atom is 0.101 e. The molecule has 0 unspecified atom stereocenters. The van der Waals surface area contributed by atoms with Crippen LogP contribution in [0.3, 0.4) is 0 Å². The molecule has 0 amide bonds. The minimum Gasteiger partial charge on any atom is -0.381 e. The van der Waals surface area contributed by atoms with Gasteiger partial charge in [-0.15, -0.1) is 0 Å². The molecule has 0 spiro atoms. The number of nitrogens with one attached hydrogen (secondary N) is 1. The molecule has 1 fully saturated rings. The Balaban J connectivity index is 1.64. The number of benzene rings is 2. The van der Waals surface area contributed by atoms with Crippen molar-refractivity contribution in [2.45, 2.75) is 24.8 Å². The number of halogens is 2. The van der Waals surface area contributed by atoms with Crippen LogP contribution in [-0.4, -0.2) is 6.04 Å². The molecule has 4 heteroatoms. The second-order valence-corrected chi connectivity index (χ2v) is 6.24. The number of rotatable bonds is 3. The highest BCUT2D eigenvalue weighted by Crippen LogP contribution is 2.39. The summed E-state index contributed by atoms with van der Waals surface area (Å²) in [6, 6.07) is 15.9. The van der Waals surface area contributed by atoms with Gasteiger partial charge in [-0.3, -0.25) is 0 Å². The van der Waals surface area contributed by atoms with Crippen molar-refractivity contribution in [3.63, 3.8) is 0 Å². The van der Waals surface area contributed by atoms with Crippen molar-refractivity contribution in [2.24, 2.45) is 0 Å². The van der Waals surface area contributed by atoms with Crippen LogP contribution in [0.1, 0.15) is 29.9 Å². The minimum atomic E-state index is 0.385. The molecule has 2 aromatic rings. The van der Waals surface area contributed by atoms with Crippen molar-refractivity contribution in [2.75, 3.05) is 5.32 Å². The van der Waals surface area contributed by atoms with Gasteiger partial charge in [-0.25, -0.2) is 0 Å². The molecule has 2 nitrogen and oxygen atoms in total. The Morgan fingerprint density at radius 2 is 1.67 bits per heavy atom. The van der Waals surface area contributed by atoms with E-state index >= 15 is 0 Å². The number of nitrogens with zero attached hydrogens (tertiary/aromatic N) is 1. The quantitative estimate of drug-likeness (QED) is 0.842. The predicted octanol–water partition coefficient (Wildman–Crippen LogP) is 5.22. The predicted molar refractivity (Wildman–Crippen MR) is 87.0 cm³/mol. The second-order valence-electron chi connectivity index (χ2n) is 5.36. The topological polar surface area (TPSA) is 35.8 Å². The number of hydrogen-bond donors (Lipinski definition) is 1. The molecular formula is C17H14Cl2N2. The first-order valence-electron chi connectivity index (χ1n) is 6.87. The highest BCUT2D eigenvalue weighted by Gasteiger charge is 2.30. The lowest BCUT2D eigenvalue weighted by Crippen LogP contribution is -2.34. The van der Waals surface area contributed by atoms with Crippen molar-refractivity contribution < 1.29 is 0 Å². The minimum absolute atomic E-state index is 0.385. The summed E-state index contributed by atoms with van der Waals surface area (Å²) < 4.78 is 0. The fourth-order valence-electron chi connectivity index (χ4n) is 2.70. The lowest BCUT2D eigenvalue weighted by atomic mass is 9.76. The van der Waals surface area contributed by atoms with Crippen molar-refractivity contribution in [3.05, 3.63) is 63.6 Å². The van der Waals surface area contributed by atoms with E-state index in [9.17, 15) is 0 Å². The number of hydrogen-bond acceptors (Lipinski definition) is 2. The summed E-state index contributed by atoms with van der Waals surface area (Å²) in [6.07, 6.45) is 2.11. The van der Waals surface area contributed by atoms with Crippen LogP contribution in [-0.2, 0) is 0 Å². The van der Waals surface area contributed by atoms with Gasteiger partial charge in [-0.2, -0.15) is 5.26 Å². The van der Waals surface area contributed by atoms with Gasteiger partial charge in [-0.1, -0.05) is 35.3 Å². The summed E-state index contributed by atoms with van der Waals surface area (Å²) in [5, 5.41) is 14.0. The van der Waals surface area contributed by atoms with Crippen LogP contribution in [0, 0.1) is 11.3 Å². The molecule has 21 heavy (non-hydrogen) atoms. The van der Waals surface area contributed by atoms with Gasteiger partial charge in [0, 0.05) is 16.1 Å². The van der Waals surface area contributed by atoms with Crippen molar-refractivity contribution in [1.29, 1.82) is 5.26 Å². The lowest BCUT2D eigenvalue weighted by molar-refractivity contribution is 0.374. The van der Waals surface area contributed by atoms with Gasteiger partial charge in [0.15, 0.2) is 0 Å². The second kappa shape index (κ2) is 5.97. The van der Waals surface area contributed by atoms with Crippen molar-refractivity contribution in [1.82, 2.24) is 0 Å². The Labute approximate surface area is 134 Å². The fourth-order valence-corrected chi connectivity index (χ4v) is 2.99. The maximum absolute atomic E-state index is 9.12. The van der Waals surface area contributed by atoms with Gasteiger partial charge in [0.2, 0.25) is 0 Å². The van der Waals surface area contributed by atoms with Gasteiger partial charge in [0.05, 0.1) is 11.3 Å². The van der Waals surface area contributed by atoms with E-state index in [2.05, 4.69) is 23.5 Å². The fraction of sp³-hybridized carbons (Fsp3) is 0.235. The third kappa shape index (κ3) is 3.15. The Kier molecular flexibility index (Phi) is 4.05. The third-order valence-corrected chi connectivity index (χ3v) is 4.43. The van der Waals surface area contributed by atoms with E-state index in [1.54, 1.807) is 12.1 Å². The number of nitriles is 1. The van der Waals surface area contributed by atoms with Crippen LogP contribution in [0.4, 0.5) is 5.69 Å². The SMILES string of the molecule is N#Cc1ccc(Cl)cc1NC1CC(c2ccc(Cl)cc2)C1. The molecule has 3 rings (SSSR count). The largest absolute Gasteiger partial charge is 0.381 e.